The molecule has 0 aromatic heterocycles. The number of benzene rings is 1. The Bertz CT molecular complexity index is 599. The molecule has 0 saturated carbocycles. The zero-order chi connectivity index (χ0) is 18.0. The molecular formula is C20H25NO3. The molecule has 0 unspecified atom stereocenters. The Balaban J connectivity index is 2.76. The second-order valence-electron chi connectivity index (χ2n) is 6.21. The van der Waals surface area contributed by atoms with Gasteiger partial charge in [0.15, 0.2) is 0 Å². The average molecular weight is 327 g/mol. The lowest BCUT2D eigenvalue weighted by Crippen LogP contribution is -2.34. The Kier molecular flexibility index (Phi) is 7.77. The molecule has 0 saturated heterocycles. The Labute approximate surface area is 144 Å². The normalized spacial score (nSPS) is 11.9. The number of nitrogens with one attached hydrogen (secondary N) is 1. The third-order valence-corrected chi connectivity index (χ3v) is 3.62. The third-order valence-electron chi connectivity index (χ3n) is 3.62. The van der Waals surface area contributed by atoms with Crippen LogP contribution in [0.5, 0.6) is 0 Å². The van der Waals surface area contributed by atoms with E-state index in [0.717, 1.165) is 5.56 Å². The lowest BCUT2D eigenvalue weighted by molar-refractivity contribution is -0.155. The molecule has 1 rings (SSSR count). The molecule has 1 atom stereocenters. The molecule has 4 heteroatoms. The van der Waals surface area contributed by atoms with Gasteiger partial charge in [-0.2, -0.15) is 0 Å². The van der Waals surface area contributed by atoms with Gasteiger partial charge in [-0.25, -0.2) is 0 Å². The molecule has 24 heavy (non-hydrogen) atoms. The first kappa shape index (κ1) is 19.5. The van der Waals surface area contributed by atoms with Gasteiger partial charge in [-0.15, -0.1) is 18.9 Å². The molecule has 0 fully saturated rings. The molecule has 4 nitrogen and oxygen atoms in total. The smallest absolute Gasteiger partial charge is 0.311 e. The van der Waals surface area contributed by atoms with Crippen LogP contribution in [-0.2, 0) is 14.3 Å². The van der Waals surface area contributed by atoms with E-state index in [2.05, 4.69) is 17.8 Å². The van der Waals surface area contributed by atoms with Crippen molar-refractivity contribution in [3.63, 3.8) is 0 Å². The molecule has 0 aliphatic carbocycles. The first-order valence-corrected chi connectivity index (χ1v) is 7.96. The first-order valence-electron chi connectivity index (χ1n) is 7.96. The van der Waals surface area contributed by atoms with Gasteiger partial charge in [0.05, 0.1) is 11.5 Å². The van der Waals surface area contributed by atoms with Crippen LogP contribution in [-0.4, -0.2) is 18.5 Å². The Morgan fingerprint density at radius 2 is 2.04 bits per heavy atom. The fraction of sp³-hybridized carbons (Fsp3) is 0.400. The van der Waals surface area contributed by atoms with Crippen LogP contribution in [0.25, 0.3) is 0 Å². The lowest BCUT2D eigenvalue weighted by Gasteiger charge is -2.24. The van der Waals surface area contributed by atoms with Crippen molar-refractivity contribution in [3.8, 4) is 12.3 Å². The van der Waals surface area contributed by atoms with Crippen molar-refractivity contribution < 1.29 is 14.3 Å². The minimum atomic E-state index is -0.642. The van der Waals surface area contributed by atoms with Gasteiger partial charge in [0.25, 0.3) is 0 Å². The molecule has 0 aliphatic heterocycles. The molecule has 0 aliphatic rings. The number of carbonyl (C=O) groups is 2. The highest BCUT2D eigenvalue weighted by Gasteiger charge is 2.29. The maximum absolute atomic E-state index is 12.2. The Morgan fingerprint density at radius 3 is 2.62 bits per heavy atom. The zero-order valence-electron chi connectivity index (χ0n) is 14.4. The van der Waals surface area contributed by atoms with Crippen LogP contribution in [0, 0.1) is 17.8 Å². The maximum Gasteiger partial charge on any atom is 0.311 e. The summed E-state index contributed by atoms with van der Waals surface area (Å²) in [5.41, 5.74) is 0.233. The molecule has 0 bridgehead atoms. The number of esters is 1. The number of rotatable bonds is 9. The van der Waals surface area contributed by atoms with Crippen LogP contribution in [0.15, 0.2) is 43.0 Å². The fourth-order valence-corrected chi connectivity index (χ4v) is 2.16. The van der Waals surface area contributed by atoms with Crippen LogP contribution in [0.1, 0.15) is 44.7 Å². The molecular weight excluding hydrogens is 302 g/mol. The van der Waals surface area contributed by atoms with Crippen LogP contribution in [0.3, 0.4) is 0 Å². The molecule has 128 valence electrons. The van der Waals surface area contributed by atoms with Gasteiger partial charge in [-0.1, -0.05) is 36.4 Å². The van der Waals surface area contributed by atoms with Crippen molar-refractivity contribution >= 4 is 11.9 Å². The predicted octanol–water partition coefficient (Wildman–Crippen LogP) is 3.40. The van der Waals surface area contributed by atoms with Crippen LogP contribution in [0.2, 0.25) is 0 Å². The maximum atomic E-state index is 12.2. The summed E-state index contributed by atoms with van der Waals surface area (Å²) in [7, 11) is 0. The van der Waals surface area contributed by atoms with E-state index in [1.165, 1.54) is 0 Å². The lowest BCUT2D eigenvalue weighted by atomic mass is 9.90. The highest BCUT2D eigenvalue weighted by atomic mass is 16.5. The zero-order valence-corrected chi connectivity index (χ0v) is 14.4. The van der Waals surface area contributed by atoms with Gasteiger partial charge >= 0.3 is 5.97 Å². The van der Waals surface area contributed by atoms with Crippen molar-refractivity contribution in [1.82, 2.24) is 5.32 Å². The minimum Gasteiger partial charge on any atom is -0.463 e. The van der Waals surface area contributed by atoms with E-state index in [9.17, 15) is 9.59 Å². The van der Waals surface area contributed by atoms with Crippen LogP contribution >= 0.6 is 0 Å². The molecule has 0 spiro atoms. The topological polar surface area (TPSA) is 55.4 Å². The van der Waals surface area contributed by atoms with Crippen molar-refractivity contribution in [1.29, 1.82) is 0 Å². The molecule has 1 amide bonds. The fourth-order valence-electron chi connectivity index (χ4n) is 2.16. The summed E-state index contributed by atoms with van der Waals surface area (Å²) in [6.07, 6.45) is 8.02. The van der Waals surface area contributed by atoms with E-state index in [0.29, 0.717) is 12.8 Å². The average Bonchev–Trinajstić information content (AvgIpc) is 2.57. The number of terminal acetylenes is 1. The summed E-state index contributed by atoms with van der Waals surface area (Å²) >= 11 is 0. The number of amides is 1. The van der Waals surface area contributed by atoms with Crippen molar-refractivity contribution in [3.05, 3.63) is 48.6 Å². The standard InChI is InChI=1S/C20H25NO3/c1-5-7-13-18(22)21-17(16-11-9-8-10-12-16)15-24-19(23)20(3,4)14-6-2/h1,6,8-12,17H,2,7,13-15H2,3-4H3,(H,21,22)/t17-/m1/s1. The number of allylic oxidation sites excluding steroid dienone is 1. The highest BCUT2D eigenvalue weighted by Crippen LogP contribution is 2.24. The molecule has 0 heterocycles. The second kappa shape index (κ2) is 9.57. The van der Waals surface area contributed by atoms with Gasteiger partial charge in [0.2, 0.25) is 5.91 Å². The third kappa shape index (κ3) is 6.29. The van der Waals surface area contributed by atoms with Crippen molar-refractivity contribution in [2.45, 2.75) is 39.2 Å². The number of ether oxygens (including phenoxy) is 1. The monoisotopic (exact) mass is 327 g/mol. The second-order valence-corrected chi connectivity index (χ2v) is 6.21. The quantitative estimate of drug-likeness (QED) is 0.430. The minimum absolute atomic E-state index is 0.0746. The van der Waals surface area contributed by atoms with Gasteiger partial charge in [-0.3, -0.25) is 9.59 Å². The van der Waals surface area contributed by atoms with Crippen molar-refractivity contribution in [2.24, 2.45) is 5.41 Å². The first-order chi connectivity index (χ1) is 11.4. The summed E-state index contributed by atoms with van der Waals surface area (Å²) in [6.45, 7) is 7.34. The number of hydrogen-bond acceptors (Lipinski definition) is 3. The molecule has 1 N–H and O–H groups in total. The van der Waals surface area contributed by atoms with E-state index in [1.54, 1.807) is 19.9 Å². The van der Waals surface area contributed by atoms with Crippen LogP contribution in [0.4, 0.5) is 0 Å². The summed E-state index contributed by atoms with van der Waals surface area (Å²) in [5, 5.41) is 2.88. The van der Waals surface area contributed by atoms with Crippen molar-refractivity contribution in [2.75, 3.05) is 6.61 Å². The van der Waals surface area contributed by atoms with Gasteiger partial charge in [0, 0.05) is 12.8 Å². The Hall–Kier alpha value is -2.54. The van der Waals surface area contributed by atoms with Gasteiger partial charge in [0.1, 0.15) is 6.61 Å². The number of carbonyl (C=O) groups excluding carboxylic acids is 2. The summed E-state index contributed by atoms with van der Waals surface area (Å²) in [6, 6.07) is 9.00. The predicted molar refractivity (Wildman–Crippen MR) is 94.9 cm³/mol. The molecule has 0 radical (unpaired) electrons. The summed E-state index contributed by atoms with van der Waals surface area (Å²) in [5.74, 6) is 1.96. The Morgan fingerprint density at radius 1 is 1.38 bits per heavy atom. The molecule has 1 aromatic carbocycles. The van der Waals surface area contributed by atoms with E-state index < -0.39 is 11.5 Å². The van der Waals surface area contributed by atoms with Gasteiger partial charge in [-0.05, 0) is 25.8 Å². The van der Waals surface area contributed by atoms with E-state index in [1.807, 2.05) is 30.3 Å². The highest BCUT2D eigenvalue weighted by molar-refractivity contribution is 5.77. The largest absolute Gasteiger partial charge is 0.463 e. The van der Waals surface area contributed by atoms with E-state index in [4.69, 9.17) is 11.2 Å². The molecule has 1 aromatic rings. The SMILES string of the molecule is C#CCCC(=O)N[C@H](COC(=O)C(C)(C)CC=C)c1ccccc1. The summed E-state index contributed by atoms with van der Waals surface area (Å²) in [4.78, 5) is 24.2. The number of hydrogen-bond donors (Lipinski definition) is 1. The van der Waals surface area contributed by atoms with Crippen LogP contribution < -0.4 is 5.32 Å². The summed E-state index contributed by atoms with van der Waals surface area (Å²) < 4.78 is 5.44. The van der Waals surface area contributed by atoms with E-state index >= 15 is 0 Å². The van der Waals surface area contributed by atoms with Gasteiger partial charge < -0.3 is 10.1 Å². The van der Waals surface area contributed by atoms with E-state index in [-0.39, 0.29) is 24.9 Å².